The first-order valence-electron chi connectivity index (χ1n) is 6.95. The molecule has 0 saturated heterocycles. The third-order valence-corrected chi connectivity index (χ3v) is 5.64. The second kappa shape index (κ2) is 6.70. The van der Waals surface area contributed by atoms with Gasteiger partial charge >= 0.3 is 0 Å². The van der Waals surface area contributed by atoms with Crippen molar-refractivity contribution in [2.75, 3.05) is 26.8 Å². The van der Waals surface area contributed by atoms with Crippen molar-refractivity contribution in [3.05, 3.63) is 41.0 Å². The van der Waals surface area contributed by atoms with Gasteiger partial charge in [0.15, 0.2) is 0 Å². The third kappa shape index (κ3) is 3.52. The van der Waals surface area contributed by atoms with Crippen LogP contribution in [0.1, 0.15) is 17.5 Å². The Hall–Kier alpha value is -1.21. The molecule has 21 heavy (non-hydrogen) atoms. The van der Waals surface area contributed by atoms with E-state index in [2.05, 4.69) is 0 Å². The molecule has 1 aromatic rings. The predicted octanol–water partition coefficient (Wildman–Crippen LogP) is 1.42. The minimum absolute atomic E-state index is 0.317. The van der Waals surface area contributed by atoms with Gasteiger partial charge < -0.3 is 10.5 Å². The van der Waals surface area contributed by atoms with Crippen LogP contribution >= 0.6 is 0 Å². The lowest BCUT2D eigenvalue weighted by Crippen LogP contribution is -2.35. The second-order valence-electron chi connectivity index (χ2n) is 5.20. The minimum atomic E-state index is -3.46. The molecule has 0 aromatic heterocycles. The molecule has 0 atom stereocenters. The predicted molar refractivity (Wildman–Crippen MR) is 82.4 cm³/mol. The van der Waals surface area contributed by atoms with Crippen molar-refractivity contribution in [2.24, 2.45) is 5.73 Å². The summed E-state index contributed by atoms with van der Waals surface area (Å²) in [6, 6.07) is 5.14. The summed E-state index contributed by atoms with van der Waals surface area (Å²) in [6.07, 6.45) is 2.64. The number of sulfonamides is 1. The van der Waals surface area contributed by atoms with Gasteiger partial charge in [-0.1, -0.05) is 12.1 Å². The van der Waals surface area contributed by atoms with Gasteiger partial charge in [-0.3, -0.25) is 0 Å². The third-order valence-electron chi connectivity index (χ3n) is 3.77. The molecule has 0 saturated carbocycles. The van der Waals surface area contributed by atoms with E-state index < -0.39 is 10.0 Å². The van der Waals surface area contributed by atoms with Gasteiger partial charge in [0.05, 0.1) is 11.5 Å². The zero-order valence-electron chi connectivity index (χ0n) is 12.5. The van der Waals surface area contributed by atoms with Gasteiger partial charge in [0.2, 0.25) is 10.0 Å². The quantitative estimate of drug-likeness (QED) is 0.835. The Balaban J connectivity index is 2.23. The molecule has 1 heterocycles. The number of hydrogen-bond donors (Lipinski definition) is 1. The summed E-state index contributed by atoms with van der Waals surface area (Å²) in [5.41, 5.74) is 8.69. The monoisotopic (exact) mass is 310 g/mol. The Morgan fingerprint density at radius 3 is 2.71 bits per heavy atom. The molecule has 0 aliphatic carbocycles. The van der Waals surface area contributed by atoms with Crippen molar-refractivity contribution in [1.29, 1.82) is 0 Å². The molecule has 6 heteroatoms. The zero-order valence-corrected chi connectivity index (χ0v) is 13.3. The molecule has 1 aliphatic rings. The molecular weight excluding hydrogens is 288 g/mol. The van der Waals surface area contributed by atoms with Crippen molar-refractivity contribution in [1.82, 2.24) is 4.31 Å². The highest BCUT2D eigenvalue weighted by molar-refractivity contribution is 7.89. The van der Waals surface area contributed by atoms with Crippen LogP contribution in [0.3, 0.4) is 0 Å². The van der Waals surface area contributed by atoms with E-state index in [0.717, 1.165) is 16.7 Å². The molecule has 0 unspecified atom stereocenters. The van der Waals surface area contributed by atoms with Gasteiger partial charge in [0, 0.05) is 26.7 Å². The van der Waals surface area contributed by atoms with Crippen LogP contribution in [0.15, 0.2) is 34.7 Å². The standard InChI is InChI=1S/C15H22N2O3S/c1-12-3-4-15(9-14(12)10-16)21(18,19)17-7-5-13(6-8-17)11-20-2/h3-5,9H,6-8,10-11,16H2,1-2H3. The fraction of sp³-hybridized carbons (Fsp3) is 0.467. The number of aryl methyl sites for hydroxylation is 1. The number of benzene rings is 1. The highest BCUT2D eigenvalue weighted by atomic mass is 32.2. The summed E-state index contributed by atoms with van der Waals surface area (Å²) in [6.45, 7) is 3.72. The Morgan fingerprint density at radius 1 is 1.38 bits per heavy atom. The van der Waals surface area contributed by atoms with Crippen molar-refractivity contribution in [3.8, 4) is 0 Å². The minimum Gasteiger partial charge on any atom is -0.380 e. The molecule has 2 rings (SSSR count). The number of ether oxygens (including phenoxy) is 1. The average molecular weight is 310 g/mol. The molecule has 5 nitrogen and oxygen atoms in total. The van der Waals surface area contributed by atoms with Crippen molar-refractivity contribution < 1.29 is 13.2 Å². The topological polar surface area (TPSA) is 72.6 Å². The van der Waals surface area contributed by atoms with Crippen LogP contribution in [0.2, 0.25) is 0 Å². The van der Waals surface area contributed by atoms with E-state index in [9.17, 15) is 8.42 Å². The Labute approximate surface area is 126 Å². The summed E-state index contributed by atoms with van der Waals surface area (Å²) in [7, 11) is -1.81. The Bertz CT molecular complexity index is 638. The number of hydrogen-bond acceptors (Lipinski definition) is 4. The zero-order chi connectivity index (χ0) is 15.5. The molecule has 0 spiro atoms. The molecule has 0 amide bonds. The Morgan fingerprint density at radius 2 is 2.14 bits per heavy atom. The molecule has 0 bridgehead atoms. The first-order valence-corrected chi connectivity index (χ1v) is 8.39. The highest BCUT2D eigenvalue weighted by Crippen LogP contribution is 2.22. The van der Waals surface area contributed by atoms with E-state index in [-0.39, 0.29) is 0 Å². The molecule has 2 N–H and O–H groups in total. The van der Waals surface area contributed by atoms with Gasteiger partial charge in [-0.05, 0) is 42.2 Å². The largest absolute Gasteiger partial charge is 0.380 e. The Kier molecular flexibility index (Phi) is 5.16. The fourth-order valence-corrected chi connectivity index (χ4v) is 3.84. The van der Waals surface area contributed by atoms with Crippen LogP contribution in [-0.4, -0.2) is 39.5 Å². The normalized spacial score (nSPS) is 16.8. The summed E-state index contributed by atoms with van der Waals surface area (Å²) < 4.78 is 31.9. The van der Waals surface area contributed by atoms with E-state index >= 15 is 0 Å². The maximum absolute atomic E-state index is 12.7. The lowest BCUT2D eigenvalue weighted by Gasteiger charge is -2.26. The molecule has 1 aliphatic heterocycles. The van der Waals surface area contributed by atoms with Crippen LogP contribution in [0.5, 0.6) is 0 Å². The van der Waals surface area contributed by atoms with Crippen LogP contribution in [0, 0.1) is 6.92 Å². The van der Waals surface area contributed by atoms with Crippen LogP contribution < -0.4 is 5.73 Å². The second-order valence-corrected chi connectivity index (χ2v) is 7.14. The number of methoxy groups -OCH3 is 1. The fourth-order valence-electron chi connectivity index (χ4n) is 2.40. The summed E-state index contributed by atoms with van der Waals surface area (Å²) in [5.74, 6) is 0. The van der Waals surface area contributed by atoms with E-state index in [0.29, 0.717) is 37.6 Å². The first-order chi connectivity index (χ1) is 9.98. The summed E-state index contributed by atoms with van der Waals surface area (Å²) >= 11 is 0. The van der Waals surface area contributed by atoms with E-state index in [1.54, 1.807) is 19.2 Å². The van der Waals surface area contributed by atoms with Crippen LogP contribution in [0.4, 0.5) is 0 Å². The molecule has 1 aromatic carbocycles. The highest BCUT2D eigenvalue weighted by Gasteiger charge is 2.26. The van der Waals surface area contributed by atoms with Gasteiger partial charge in [-0.2, -0.15) is 4.31 Å². The summed E-state index contributed by atoms with van der Waals surface area (Å²) in [5, 5.41) is 0. The number of nitrogens with two attached hydrogens (primary N) is 1. The number of nitrogens with zero attached hydrogens (tertiary/aromatic N) is 1. The molecule has 116 valence electrons. The van der Waals surface area contributed by atoms with Gasteiger partial charge in [0.25, 0.3) is 0 Å². The number of rotatable bonds is 5. The van der Waals surface area contributed by atoms with Crippen LogP contribution in [-0.2, 0) is 21.3 Å². The molecular formula is C15H22N2O3S. The SMILES string of the molecule is COCC1=CCN(S(=O)(=O)c2ccc(C)c(CN)c2)CC1. The van der Waals surface area contributed by atoms with Gasteiger partial charge in [0.1, 0.15) is 0 Å². The maximum Gasteiger partial charge on any atom is 0.243 e. The molecule has 0 radical (unpaired) electrons. The van der Waals surface area contributed by atoms with Crippen LogP contribution in [0.25, 0.3) is 0 Å². The van der Waals surface area contributed by atoms with Crippen molar-refractivity contribution in [3.63, 3.8) is 0 Å². The average Bonchev–Trinajstić information content (AvgIpc) is 2.48. The summed E-state index contributed by atoms with van der Waals surface area (Å²) in [4.78, 5) is 0.317. The van der Waals surface area contributed by atoms with Gasteiger partial charge in [-0.25, -0.2) is 8.42 Å². The van der Waals surface area contributed by atoms with Crippen molar-refractivity contribution in [2.45, 2.75) is 24.8 Å². The first kappa shape index (κ1) is 16.2. The van der Waals surface area contributed by atoms with Crippen molar-refractivity contribution >= 4 is 10.0 Å². The van der Waals surface area contributed by atoms with Gasteiger partial charge in [-0.15, -0.1) is 0 Å². The maximum atomic E-state index is 12.7. The van der Waals surface area contributed by atoms with E-state index in [1.165, 1.54) is 4.31 Å². The molecule has 0 fully saturated rings. The van der Waals surface area contributed by atoms with E-state index in [1.807, 2.05) is 19.1 Å². The lowest BCUT2D eigenvalue weighted by atomic mass is 10.1. The van der Waals surface area contributed by atoms with E-state index in [4.69, 9.17) is 10.5 Å². The lowest BCUT2D eigenvalue weighted by molar-refractivity contribution is 0.219. The smallest absolute Gasteiger partial charge is 0.243 e.